The van der Waals surface area contributed by atoms with Crippen molar-refractivity contribution in [2.24, 2.45) is 15.9 Å². The van der Waals surface area contributed by atoms with Crippen LogP contribution in [0.15, 0.2) is 51.8 Å². The number of aliphatic imine (C=N–C) groups is 2. The number of thiophene rings is 1. The Kier molecular flexibility index (Phi) is 7.00. The number of carbonyl (C=O) groups excluding carboxylic acids is 2. The number of hydrogen-bond donors (Lipinski definition) is 1. The van der Waals surface area contributed by atoms with Crippen LogP contribution in [0, 0.1) is 5.92 Å². The lowest BCUT2D eigenvalue weighted by Crippen LogP contribution is -2.33. The number of carbonyl (C=O) groups is 2. The van der Waals surface area contributed by atoms with Gasteiger partial charge in [0.25, 0.3) is 5.91 Å². The number of benzene rings is 1. The average Bonchev–Trinajstić information content (AvgIpc) is 3.21. The van der Waals surface area contributed by atoms with Gasteiger partial charge in [0, 0.05) is 22.8 Å². The molecule has 28 heavy (non-hydrogen) atoms. The van der Waals surface area contributed by atoms with Crippen LogP contribution in [0.5, 0.6) is 5.75 Å². The first-order chi connectivity index (χ1) is 13.5. The Morgan fingerprint density at radius 2 is 2.14 bits per heavy atom. The number of methoxy groups -OCH3 is 1. The van der Waals surface area contributed by atoms with Crippen molar-refractivity contribution in [3.63, 3.8) is 0 Å². The molecule has 1 N–H and O–H groups in total. The van der Waals surface area contributed by atoms with E-state index >= 15 is 0 Å². The maximum absolute atomic E-state index is 12.4. The number of ether oxygens (including phenoxy) is 1. The maximum atomic E-state index is 12.4. The molecule has 0 spiro atoms. The summed E-state index contributed by atoms with van der Waals surface area (Å²) in [7, 11) is 1.63. The molecule has 8 heteroatoms. The molecule has 2 heterocycles. The Hall–Kier alpha value is -2.45. The molecule has 0 saturated heterocycles. The van der Waals surface area contributed by atoms with Gasteiger partial charge in [-0.05, 0) is 36.1 Å². The Bertz CT molecular complexity index is 907. The standard InChI is InChI=1S/C20H21N3O3S2/c1-13-17(10-18(24)21-11-16-7-4-8-27-16)19(25)23-20(22-13)28-12-14-5-3-6-15(9-14)26-2/h3-9,17H,10-12H2,1-2H3,(H,21,24). The van der Waals surface area contributed by atoms with Crippen LogP contribution in [0.25, 0.3) is 0 Å². The maximum Gasteiger partial charge on any atom is 0.257 e. The molecular weight excluding hydrogens is 394 g/mol. The highest BCUT2D eigenvalue weighted by Crippen LogP contribution is 2.23. The molecule has 1 aliphatic rings. The summed E-state index contributed by atoms with van der Waals surface area (Å²) in [5.41, 5.74) is 1.68. The van der Waals surface area contributed by atoms with E-state index in [9.17, 15) is 9.59 Å². The van der Waals surface area contributed by atoms with Crippen molar-refractivity contribution >= 4 is 45.8 Å². The Morgan fingerprint density at radius 1 is 1.29 bits per heavy atom. The van der Waals surface area contributed by atoms with E-state index in [-0.39, 0.29) is 18.2 Å². The quantitative estimate of drug-likeness (QED) is 0.748. The summed E-state index contributed by atoms with van der Waals surface area (Å²) in [4.78, 5) is 34.2. The van der Waals surface area contributed by atoms with Crippen LogP contribution in [-0.2, 0) is 21.9 Å². The van der Waals surface area contributed by atoms with Gasteiger partial charge in [0.1, 0.15) is 5.75 Å². The highest BCUT2D eigenvalue weighted by molar-refractivity contribution is 8.13. The predicted octanol–water partition coefficient (Wildman–Crippen LogP) is 3.67. The number of nitrogens with one attached hydrogen (secondary N) is 1. The molecule has 146 valence electrons. The molecule has 1 unspecified atom stereocenters. The summed E-state index contributed by atoms with van der Waals surface area (Å²) in [5.74, 6) is 0.333. The van der Waals surface area contributed by atoms with Crippen LogP contribution in [0.4, 0.5) is 0 Å². The summed E-state index contributed by atoms with van der Waals surface area (Å²) < 4.78 is 5.22. The molecule has 1 aromatic carbocycles. The van der Waals surface area contributed by atoms with Gasteiger partial charge in [-0.1, -0.05) is 30.0 Å². The largest absolute Gasteiger partial charge is 0.497 e. The average molecular weight is 416 g/mol. The highest BCUT2D eigenvalue weighted by atomic mass is 32.2. The van der Waals surface area contributed by atoms with Crippen LogP contribution in [0.2, 0.25) is 0 Å². The Balaban J connectivity index is 1.53. The number of amidine groups is 1. The second-order valence-corrected chi connectivity index (χ2v) is 8.21. The molecule has 0 radical (unpaired) electrons. The molecule has 6 nitrogen and oxygen atoms in total. The monoisotopic (exact) mass is 415 g/mol. The topological polar surface area (TPSA) is 80.1 Å². The van der Waals surface area contributed by atoms with Gasteiger partial charge in [-0.2, -0.15) is 4.99 Å². The smallest absolute Gasteiger partial charge is 0.257 e. The molecule has 0 bridgehead atoms. The fourth-order valence-electron chi connectivity index (χ4n) is 2.67. The van der Waals surface area contributed by atoms with E-state index in [1.165, 1.54) is 11.8 Å². The first-order valence-corrected chi connectivity index (χ1v) is 10.6. The van der Waals surface area contributed by atoms with E-state index in [0.29, 0.717) is 23.2 Å². The first kappa shape index (κ1) is 20.3. The highest BCUT2D eigenvalue weighted by Gasteiger charge is 2.28. The second-order valence-electron chi connectivity index (χ2n) is 6.24. The molecule has 2 aromatic rings. The van der Waals surface area contributed by atoms with Gasteiger partial charge >= 0.3 is 0 Å². The van der Waals surface area contributed by atoms with Crippen LogP contribution in [0.1, 0.15) is 23.8 Å². The Morgan fingerprint density at radius 3 is 2.86 bits per heavy atom. The molecule has 1 atom stereocenters. The van der Waals surface area contributed by atoms with Gasteiger partial charge in [-0.15, -0.1) is 11.3 Å². The van der Waals surface area contributed by atoms with E-state index in [4.69, 9.17) is 4.74 Å². The summed E-state index contributed by atoms with van der Waals surface area (Å²) in [6, 6.07) is 11.6. The molecule has 3 rings (SSSR count). The zero-order valence-corrected chi connectivity index (χ0v) is 17.3. The molecule has 0 aliphatic carbocycles. The van der Waals surface area contributed by atoms with E-state index in [1.807, 2.05) is 41.8 Å². The van der Waals surface area contributed by atoms with Gasteiger partial charge < -0.3 is 10.1 Å². The summed E-state index contributed by atoms with van der Waals surface area (Å²) in [5, 5.41) is 5.23. The first-order valence-electron chi connectivity index (χ1n) is 8.77. The molecule has 0 fully saturated rings. The number of thioether (sulfide) groups is 1. The van der Waals surface area contributed by atoms with Crippen LogP contribution < -0.4 is 10.1 Å². The molecule has 0 saturated carbocycles. The van der Waals surface area contributed by atoms with Gasteiger partial charge in [-0.3, -0.25) is 9.59 Å². The lowest BCUT2D eigenvalue weighted by Gasteiger charge is -2.17. The van der Waals surface area contributed by atoms with Crippen molar-refractivity contribution in [2.45, 2.75) is 25.6 Å². The number of rotatable bonds is 7. The molecule has 1 aromatic heterocycles. The van der Waals surface area contributed by atoms with Gasteiger partial charge in [0.05, 0.1) is 19.6 Å². The fraction of sp³-hybridized carbons (Fsp3) is 0.300. The van der Waals surface area contributed by atoms with E-state index in [0.717, 1.165) is 16.2 Å². The van der Waals surface area contributed by atoms with Crippen molar-refractivity contribution in [3.8, 4) is 5.75 Å². The minimum atomic E-state index is -0.593. The van der Waals surface area contributed by atoms with E-state index in [2.05, 4.69) is 15.3 Å². The van der Waals surface area contributed by atoms with Crippen molar-refractivity contribution < 1.29 is 14.3 Å². The summed E-state index contributed by atoms with van der Waals surface area (Å²) in [6.07, 6.45) is 0.0663. The van der Waals surface area contributed by atoms with E-state index in [1.54, 1.807) is 25.4 Å². The summed E-state index contributed by atoms with van der Waals surface area (Å²) >= 11 is 2.97. The van der Waals surface area contributed by atoms with Gasteiger partial charge in [0.2, 0.25) is 5.91 Å². The minimum absolute atomic E-state index is 0.0663. The number of nitrogens with zero attached hydrogens (tertiary/aromatic N) is 2. The molecule has 2 amide bonds. The number of hydrogen-bond acceptors (Lipinski definition) is 6. The van der Waals surface area contributed by atoms with Crippen molar-refractivity contribution in [2.75, 3.05) is 7.11 Å². The van der Waals surface area contributed by atoms with Gasteiger partial charge in [-0.25, -0.2) is 4.99 Å². The minimum Gasteiger partial charge on any atom is -0.497 e. The van der Waals surface area contributed by atoms with Crippen molar-refractivity contribution in [3.05, 3.63) is 52.2 Å². The van der Waals surface area contributed by atoms with E-state index < -0.39 is 5.92 Å². The Labute approximate surface area is 172 Å². The molecule has 1 aliphatic heterocycles. The van der Waals surface area contributed by atoms with Crippen LogP contribution in [-0.4, -0.2) is 29.8 Å². The third kappa shape index (κ3) is 5.53. The third-order valence-electron chi connectivity index (χ3n) is 4.21. The third-order valence-corrected chi connectivity index (χ3v) is 6.01. The predicted molar refractivity (Wildman–Crippen MR) is 114 cm³/mol. The molecular formula is C20H21N3O3S2. The lowest BCUT2D eigenvalue weighted by atomic mass is 9.98. The van der Waals surface area contributed by atoms with Crippen LogP contribution >= 0.6 is 23.1 Å². The number of amides is 2. The normalized spacial score (nSPS) is 16.4. The lowest BCUT2D eigenvalue weighted by molar-refractivity contribution is -0.126. The van der Waals surface area contributed by atoms with Crippen LogP contribution in [0.3, 0.4) is 0 Å². The zero-order chi connectivity index (χ0) is 19.9. The van der Waals surface area contributed by atoms with Crippen molar-refractivity contribution in [1.82, 2.24) is 5.32 Å². The SMILES string of the molecule is COc1cccc(CSC2=NC(=O)C(CC(=O)NCc3cccs3)C(C)=N2)c1. The fourth-order valence-corrected chi connectivity index (χ4v) is 4.15. The van der Waals surface area contributed by atoms with Gasteiger partial charge in [0.15, 0.2) is 5.17 Å². The second kappa shape index (κ2) is 9.66. The summed E-state index contributed by atoms with van der Waals surface area (Å²) in [6.45, 7) is 2.24. The van der Waals surface area contributed by atoms with Crippen molar-refractivity contribution in [1.29, 1.82) is 0 Å². The zero-order valence-electron chi connectivity index (χ0n) is 15.7.